The van der Waals surface area contributed by atoms with E-state index in [4.69, 9.17) is 5.11 Å². The van der Waals surface area contributed by atoms with Crippen LogP contribution in [0.5, 0.6) is 0 Å². The second-order valence-electron chi connectivity index (χ2n) is 3.06. The van der Waals surface area contributed by atoms with Crippen molar-refractivity contribution < 1.29 is 9.90 Å². The van der Waals surface area contributed by atoms with E-state index < -0.39 is 11.3 Å². The largest absolute Gasteiger partial charge is 0.479 e. The summed E-state index contributed by atoms with van der Waals surface area (Å²) in [5, 5.41) is 10.9. The summed E-state index contributed by atoms with van der Waals surface area (Å²) < 4.78 is 0. The summed E-state index contributed by atoms with van der Waals surface area (Å²) in [5.41, 5.74) is 0. The Kier molecular flexibility index (Phi) is 6.20. The lowest BCUT2D eigenvalue weighted by Crippen LogP contribution is -2.30. The van der Waals surface area contributed by atoms with Gasteiger partial charge in [-0.3, -0.25) is 5.32 Å². The Labute approximate surface area is 77.9 Å². The number of aliphatic carboxylic acids is 1. The van der Waals surface area contributed by atoms with E-state index in [1.54, 1.807) is 7.05 Å². The SMILES string of the molecule is CN[C@@H](SCCC(C)C)C(=O)O. The number of carboxylic acid groups (broad SMARTS) is 1. The normalized spacial score (nSPS) is 13.3. The molecule has 0 radical (unpaired) electrons. The van der Waals surface area contributed by atoms with Gasteiger partial charge in [0.05, 0.1) is 0 Å². The van der Waals surface area contributed by atoms with Crippen LogP contribution in [0.4, 0.5) is 0 Å². The van der Waals surface area contributed by atoms with Gasteiger partial charge in [0.15, 0.2) is 5.37 Å². The molecule has 0 aromatic carbocycles. The summed E-state index contributed by atoms with van der Waals surface area (Å²) in [4.78, 5) is 10.5. The summed E-state index contributed by atoms with van der Waals surface area (Å²) in [6.07, 6.45) is 1.07. The number of carboxylic acids is 1. The Morgan fingerprint density at radius 2 is 2.17 bits per heavy atom. The van der Waals surface area contributed by atoms with Crippen molar-refractivity contribution in [2.45, 2.75) is 25.6 Å². The lowest BCUT2D eigenvalue weighted by molar-refractivity contribution is -0.136. The van der Waals surface area contributed by atoms with Crippen molar-refractivity contribution in [1.29, 1.82) is 0 Å². The molecule has 0 saturated carbocycles. The molecule has 3 nitrogen and oxygen atoms in total. The summed E-state index contributed by atoms with van der Waals surface area (Å²) in [6.45, 7) is 4.27. The van der Waals surface area contributed by atoms with Gasteiger partial charge in [-0.25, -0.2) is 4.79 Å². The maximum absolute atomic E-state index is 10.5. The molecule has 0 amide bonds. The smallest absolute Gasteiger partial charge is 0.331 e. The first-order chi connectivity index (χ1) is 5.57. The predicted molar refractivity (Wildman–Crippen MR) is 52.4 cm³/mol. The quantitative estimate of drug-likeness (QED) is 0.623. The Balaban J connectivity index is 3.52. The molecule has 0 aromatic rings. The van der Waals surface area contributed by atoms with Crippen LogP contribution in [0.1, 0.15) is 20.3 Å². The number of carbonyl (C=O) groups is 1. The maximum Gasteiger partial charge on any atom is 0.331 e. The average molecular weight is 191 g/mol. The fraction of sp³-hybridized carbons (Fsp3) is 0.875. The summed E-state index contributed by atoms with van der Waals surface area (Å²) in [6, 6.07) is 0. The van der Waals surface area contributed by atoms with Gasteiger partial charge in [0, 0.05) is 0 Å². The molecular weight excluding hydrogens is 174 g/mol. The minimum absolute atomic E-state index is 0.455. The standard InChI is InChI=1S/C8H17NO2S/c1-6(2)4-5-12-7(9-3)8(10)11/h6-7,9H,4-5H2,1-3H3,(H,10,11)/t7-/m0/s1. The number of likely N-dealkylation sites (N-methyl/N-ethyl adjacent to an activating group) is 1. The van der Waals surface area contributed by atoms with Crippen LogP contribution in [-0.4, -0.2) is 29.3 Å². The van der Waals surface area contributed by atoms with Crippen molar-refractivity contribution in [3.8, 4) is 0 Å². The van der Waals surface area contributed by atoms with Crippen LogP contribution in [-0.2, 0) is 4.79 Å². The number of thioether (sulfide) groups is 1. The highest BCUT2D eigenvalue weighted by Gasteiger charge is 2.14. The van der Waals surface area contributed by atoms with E-state index in [9.17, 15) is 4.79 Å². The van der Waals surface area contributed by atoms with Gasteiger partial charge in [-0.1, -0.05) is 13.8 Å². The monoisotopic (exact) mass is 191 g/mol. The van der Waals surface area contributed by atoms with Gasteiger partial charge in [-0.15, -0.1) is 11.8 Å². The van der Waals surface area contributed by atoms with Gasteiger partial charge in [0.2, 0.25) is 0 Å². The third-order valence-electron chi connectivity index (χ3n) is 1.47. The molecule has 0 aliphatic rings. The molecule has 0 bridgehead atoms. The first-order valence-corrected chi connectivity index (χ1v) is 5.14. The van der Waals surface area contributed by atoms with Crippen LogP contribution in [0.15, 0.2) is 0 Å². The van der Waals surface area contributed by atoms with E-state index in [1.165, 1.54) is 11.8 Å². The van der Waals surface area contributed by atoms with E-state index >= 15 is 0 Å². The fourth-order valence-electron chi connectivity index (χ4n) is 0.700. The third kappa shape index (κ3) is 5.43. The molecular formula is C8H17NO2S. The molecule has 0 spiro atoms. The van der Waals surface area contributed by atoms with Crippen LogP contribution in [0.3, 0.4) is 0 Å². The number of hydrogen-bond donors (Lipinski definition) is 2. The number of rotatable bonds is 6. The zero-order chi connectivity index (χ0) is 9.56. The Hall–Kier alpha value is -0.220. The van der Waals surface area contributed by atoms with Crippen molar-refractivity contribution in [2.24, 2.45) is 5.92 Å². The Bertz CT molecular complexity index is 139. The molecule has 0 heterocycles. The second-order valence-corrected chi connectivity index (χ2v) is 4.27. The highest BCUT2D eigenvalue weighted by molar-refractivity contribution is 8.00. The fourth-order valence-corrected chi connectivity index (χ4v) is 1.85. The third-order valence-corrected chi connectivity index (χ3v) is 2.71. The number of hydrogen-bond acceptors (Lipinski definition) is 3. The minimum Gasteiger partial charge on any atom is -0.479 e. The lowest BCUT2D eigenvalue weighted by Gasteiger charge is -2.11. The van der Waals surface area contributed by atoms with Crippen molar-refractivity contribution in [1.82, 2.24) is 5.32 Å². The van der Waals surface area contributed by atoms with Crippen LogP contribution in [0.25, 0.3) is 0 Å². The molecule has 0 unspecified atom stereocenters. The highest BCUT2D eigenvalue weighted by Crippen LogP contribution is 2.12. The van der Waals surface area contributed by atoms with Crippen LogP contribution in [0, 0.1) is 5.92 Å². The second kappa shape index (κ2) is 6.31. The van der Waals surface area contributed by atoms with E-state index in [2.05, 4.69) is 19.2 Å². The van der Waals surface area contributed by atoms with Crippen molar-refractivity contribution in [3.05, 3.63) is 0 Å². The minimum atomic E-state index is -0.786. The molecule has 72 valence electrons. The average Bonchev–Trinajstić information content (AvgIpc) is 1.96. The molecule has 0 aromatic heterocycles. The predicted octanol–water partition coefficient (Wildman–Crippen LogP) is 1.40. The van der Waals surface area contributed by atoms with Crippen LogP contribution >= 0.6 is 11.8 Å². The van der Waals surface area contributed by atoms with Crippen molar-refractivity contribution in [3.63, 3.8) is 0 Å². The molecule has 0 aliphatic heterocycles. The van der Waals surface area contributed by atoms with E-state index in [0.717, 1.165) is 12.2 Å². The molecule has 0 fully saturated rings. The topological polar surface area (TPSA) is 49.3 Å². The molecule has 0 aliphatic carbocycles. The van der Waals surface area contributed by atoms with Gasteiger partial charge in [0.1, 0.15) is 0 Å². The van der Waals surface area contributed by atoms with Gasteiger partial charge in [-0.05, 0) is 25.1 Å². The molecule has 0 saturated heterocycles. The van der Waals surface area contributed by atoms with E-state index in [-0.39, 0.29) is 0 Å². The first-order valence-electron chi connectivity index (χ1n) is 4.09. The van der Waals surface area contributed by atoms with Gasteiger partial charge >= 0.3 is 5.97 Å². The van der Waals surface area contributed by atoms with Crippen molar-refractivity contribution >= 4 is 17.7 Å². The summed E-state index contributed by atoms with van der Waals surface area (Å²) in [5.74, 6) is 0.755. The molecule has 12 heavy (non-hydrogen) atoms. The Morgan fingerprint density at radius 3 is 2.50 bits per heavy atom. The highest BCUT2D eigenvalue weighted by atomic mass is 32.2. The molecule has 0 rings (SSSR count). The summed E-state index contributed by atoms with van der Waals surface area (Å²) >= 11 is 1.45. The number of nitrogens with one attached hydrogen (secondary N) is 1. The van der Waals surface area contributed by atoms with Crippen molar-refractivity contribution in [2.75, 3.05) is 12.8 Å². The van der Waals surface area contributed by atoms with E-state index in [1.807, 2.05) is 0 Å². The zero-order valence-corrected chi connectivity index (χ0v) is 8.65. The Morgan fingerprint density at radius 1 is 1.58 bits per heavy atom. The lowest BCUT2D eigenvalue weighted by atomic mass is 10.2. The van der Waals surface area contributed by atoms with Gasteiger partial charge in [0.25, 0.3) is 0 Å². The van der Waals surface area contributed by atoms with Gasteiger partial charge in [-0.2, -0.15) is 0 Å². The molecule has 4 heteroatoms. The van der Waals surface area contributed by atoms with Crippen LogP contribution in [0.2, 0.25) is 0 Å². The van der Waals surface area contributed by atoms with E-state index in [0.29, 0.717) is 5.92 Å². The maximum atomic E-state index is 10.5. The van der Waals surface area contributed by atoms with Crippen LogP contribution < -0.4 is 5.32 Å². The molecule has 1 atom stereocenters. The van der Waals surface area contributed by atoms with Gasteiger partial charge < -0.3 is 5.11 Å². The molecule has 2 N–H and O–H groups in total. The zero-order valence-electron chi connectivity index (χ0n) is 7.83. The first kappa shape index (κ1) is 11.8. The summed E-state index contributed by atoms with van der Waals surface area (Å²) in [7, 11) is 1.67.